The van der Waals surface area contributed by atoms with Gasteiger partial charge in [0.2, 0.25) is 47.3 Å². The molecule has 418 valence electrons. The average molecular weight is 1060 g/mol. The molecule has 23 heteroatoms. The first kappa shape index (κ1) is 61.5. The second kappa shape index (κ2) is 28.8. The molecule has 0 radical (unpaired) electrons. The summed E-state index contributed by atoms with van der Waals surface area (Å²) in [5.41, 5.74) is 6.01. The van der Waals surface area contributed by atoms with Crippen molar-refractivity contribution in [2.24, 2.45) is 23.5 Å². The fraction of sp³-hybridized carbons (Fsp3) is 0.604. The maximum Gasteiger partial charge on any atom is 0.329 e. The number of aliphatic hydroxyl groups excluding tert-OH is 1. The molecule has 76 heavy (non-hydrogen) atoms. The summed E-state index contributed by atoms with van der Waals surface area (Å²) in [5.74, 6) is -11.9. The van der Waals surface area contributed by atoms with Crippen LogP contribution in [-0.4, -0.2) is 161 Å². The van der Waals surface area contributed by atoms with Crippen molar-refractivity contribution in [3.63, 3.8) is 0 Å². The van der Waals surface area contributed by atoms with Crippen molar-refractivity contribution < 1.29 is 67.3 Å². The summed E-state index contributed by atoms with van der Waals surface area (Å²) in [6.07, 6.45) is 0.522. The standard InChI is InChI=1S/C53H77N9O14/c1-10-13-17-30(6)45(66)60-43-32(8)76-53(74)40-24-34(63)26-62(40)52(73)36(20-21-41(54)64)56-49(70)42(29(5)11-2)59-46(67)35(12-3)55-48(69)39-22-28(4)25-61(39)51(72)31(7)44(65)37(23-33-18-15-14-16-19-33)57-47(68)38(27-75-9)58-50(43)71/h12,14-19,28-29,31-32,34,36-40,42-43,63H,10-11,13,20-27H2,1-9H3,(H2,54,64)(H,55,69)(H,56,70)(H,57,68)(H,58,71)(H,59,67)(H,60,66). The number of nitrogens with two attached hydrogens (primary N) is 1. The highest BCUT2D eigenvalue weighted by atomic mass is 16.5. The van der Waals surface area contributed by atoms with Crippen LogP contribution in [0.15, 0.2) is 53.8 Å². The van der Waals surface area contributed by atoms with Crippen molar-refractivity contribution in [3.8, 4) is 0 Å². The Balaban J connectivity index is 1.86. The number of methoxy groups -OCH3 is 1. The van der Waals surface area contributed by atoms with Crippen LogP contribution in [0.2, 0.25) is 0 Å². The van der Waals surface area contributed by atoms with Crippen LogP contribution >= 0.6 is 0 Å². The summed E-state index contributed by atoms with van der Waals surface area (Å²) in [7, 11) is 1.25. The monoisotopic (exact) mass is 1060 g/mol. The highest BCUT2D eigenvalue weighted by Crippen LogP contribution is 2.27. The molecule has 3 heterocycles. The minimum atomic E-state index is -1.72. The predicted molar refractivity (Wildman–Crippen MR) is 275 cm³/mol. The third-order valence-corrected chi connectivity index (χ3v) is 13.9. The van der Waals surface area contributed by atoms with E-state index in [2.05, 4.69) is 31.9 Å². The molecule has 3 aliphatic rings. The fourth-order valence-electron chi connectivity index (χ4n) is 9.28. The fourth-order valence-corrected chi connectivity index (χ4v) is 9.28. The molecule has 23 nitrogen and oxygen atoms in total. The number of rotatable bonds is 13. The number of cyclic esters (lactones) is 1. The molecule has 3 fully saturated rings. The number of amides is 9. The molecule has 12 unspecified atom stereocenters. The van der Waals surface area contributed by atoms with Gasteiger partial charge in [0.25, 0.3) is 5.91 Å². The van der Waals surface area contributed by atoms with Crippen LogP contribution in [0.5, 0.6) is 0 Å². The number of ketones is 1. The van der Waals surface area contributed by atoms with Crippen molar-refractivity contribution in [2.75, 3.05) is 26.8 Å². The van der Waals surface area contributed by atoms with E-state index >= 15 is 0 Å². The van der Waals surface area contributed by atoms with E-state index in [1.54, 1.807) is 50.3 Å². The third kappa shape index (κ3) is 16.5. The van der Waals surface area contributed by atoms with Gasteiger partial charge in [0.05, 0.1) is 24.7 Å². The van der Waals surface area contributed by atoms with Gasteiger partial charge in [0, 0.05) is 38.6 Å². The molecule has 9 N–H and O–H groups in total. The van der Waals surface area contributed by atoms with Gasteiger partial charge in [0.1, 0.15) is 48.1 Å². The van der Waals surface area contributed by atoms with Gasteiger partial charge in [0.15, 0.2) is 5.78 Å². The number of carbonyl (C=O) groups is 11. The first-order chi connectivity index (χ1) is 36.0. The molecule has 0 spiro atoms. The summed E-state index contributed by atoms with van der Waals surface area (Å²) in [6.45, 7) is 11.9. The number of fused-ring (bicyclic) bond motifs is 2. The topological polar surface area (TPSA) is 331 Å². The second-order valence-electron chi connectivity index (χ2n) is 20.0. The Morgan fingerprint density at radius 2 is 1.50 bits per heavy atom. The van der Waals surface area contributed by atoms with Crippen LogP contribution < -0.4 is 37.6 Å². The molecular formula is C53H77N9O14. The van der Waals surface area contributed by atoms with E-state index in [4.69, 9.17) is 15.2 Å². The van der Waals surface area contributed by atoms with Crippen molar-refractivity contribution in [1.29, 1.82) is 0 Å². The van der Waals surface area contributed by atoms with Gasteiger partial charge >= 0.3 is 5.97 Å². The van der Waals surface area contributed by atoms with E-state index in [-0.39, 0.29) is 49.4 Å². The Kier molecular flexibility index (Phi) is 23.3. The highest BCUT2D eigenvalue weighted by Gasteiger charge is 2.46. The van der Waals surface area contributed by atoms with Gasteiger partial charge in [-0.2, -0.15) is 0 Å². The molecule has 12 atom stereocenters. The lowest BCUT2D eigenvalue weighted by atomic mass is 9.93. The number of Topliss-reactive ketones (excluding diaryl/α,β-unsaturated/α-hetero) is 1. The molecule has 3 saturated heterocycles. The summed E-state index contributed by atoms with van der Waals surface area (Å²) in [5, 5.41) is 26.5. The van der Waals surface area contributed by atoms with E-state index in [9.17, 15) is 57.8 Å². The third-order valence-electron chi connectivity index (χ3n) is 13.9. The molecule has 0 saturated carbocycles. The Morgan fingerprint density at radius 3 is 2.12 bits per heavy atom. The zero-order valence-corrected chi connectivity index (χ0v) is 45.0. The lowest BCUT2D eigenvalue weighted by molar-refractivity contribution is -0.160. The first-order valence-electron chi connectivity index (χ1n) is 26.0. The zero-order valence-electron chi connectivity index (χ0n) is 45.0. The van der Waals surface area contributed by atoms with Crippen LogP contribution in [0.4, 0.5) is 0 Å². The maximum absolute atomic E-state index is 14.6. The number of primary amides is 1. The number of ether oxygens (including phenoxy) is 2. The number of hydrogen-bond acceptors (Lipinski definition) is 14. The van der Waals surface area contributed by atoms with Crippen molar-refractivity contribution >= 4 is 64.9 Å². The summed E-state index contributed by atoms with van der Waals surface area (Å²) in [4.78, 5) is 157. The maximum atomic E-state index is 14.6. The lowest BCUT2D eigenvalue weighted by Gasteiger charge is -2.32. The van der Waals surface area contributed by atoms with Gasteiger partial charge in [-0.25, -0.2) is 4.79 Å². The van der Waals surface area contributed by atoms with E-state index in [1.165, 1.54) is 45.8 Å². The molecule has 9 amide bonds. The molecule has 1 aromatic carbocycles. The molecule has 4 rings (SSSR count). The van der Waals surface area contributed by atoms with Gasteiger partial charge in [-0.1, -0.05) is 83.0 Å². The van der Waals surface area contributed by atoms with Gasteiger partial charge < -0.3 is 62.0 Å². The van der Waals surface area contributed by atoms with E-state index < -0.39 is 151 Å². The number of esters is 1. The van der Waals surface area contributed by atoms with E-state index in [1.807, 2.05) is 13.8 Å². The van der Waals surface area contributed by atoms with Crippen LogP contribution in [-0.2, 0) is 68.6 Å². The number of nitrogens with one attached hydrogen (secondary N) is 6. The number of aliphatic hydroxyl groups is 1. The van der Waals surface area contributed by atoms with E-state index in [0.29, 0.717) is 24.8 Å². The van der Waals surface area contributed by atoms with Gasteiger partial charge in [-0.15, -0.1) is 0 Å². The number of unbranched alkanes of at least 4 members (excludes halogenated alkanes) is 1. The minimum absolute atomic E-state index is 0.0615. The minimum Gasteiger partial charge on any atom is -0.458 e. The van der Waals surface area contributed by atoms with E-state index in [0.717, 1.165) is 4.90 Å². The van der Waals surface area contributed by atoms with Gasteiger partial charge in [-0.05, 0) is 70.8 Å². The van der Waals surface area contributed by atoms with Crippen LogP contribution in [0.25, 0.3) is 0 Å². The second-order valence-corrected chi connectivity index (χ2v) is 20.0. The normalized spacial score (nSPS) is 29.2. The zero-order chi connectivity index (χ0) is 56.6. The number of benzene rings is 1. The Morgan fingerprint density at radius 1 is 0.855 bits per heavy atom. The predicted octanol–water partition coefficient (Wildman–Crippen LogP) is -0.273. The summed E-state index contributed by atoms with van der Waals surface area (Å²) in [6, 6.07) is -1.67. The number of carbonyl (C=O) groups excluding carboxylic acids is 11. The van der Waals surface area contributed by atoms with Crippen LogP contribution in [0, 0.1) is 17.8 Å². The largest absolute Gasteiger partial charge is 0.458 e. The average Bonchev–Trinajstić information content (AvgIpc) is 3.99. The van der Waals surface area contributed by atoms with Gasteiger partial charge in [-0.3, -0.25) is 47.9 Å². The number of nitrogens with zero attached hydrogens (tertiary/aromatic N) is 2. The van der Waals surface area contributed by atoms with Crippen molar-refractivity contribution in [3.05, 3.63) is 59.3 Å². The molecule has 1 aromatic rings. The Labute approximate surface area is 443 Å². The molecule has 0 aliphatic carbocycles. The van der Waals surface area contributed by atoms with Crippen molar-refractivity contribution in [1.82, 2.24) is 41.7 Å². The highest BCUT2D eigenvalue weighted by molar-refractivity contribution is 6.07. The molecule has 3 aliphatic heterocycles. The summed E-state index contributed by atoms with van der Waals surface area (Å²) < 4.78 is 11.1. The lowest BCUT2D eigenvalue weighted by Crippen LogP contribution is -2.61. The summed E-state index contributed by atoms with van der Waals surface area (Å²) >= 11 is 0. The number of allylic oxidation sites excluding steroid dienone is 2. The SMILES string of the molecule is CC=C1NC(=O)C2CC(C)CN2C(=O)C(C)C(=O)C(Cc2ccccc2)NC(=O)C(COC)NC(=O)C(NC(=O)C(C)=CCCC)C(C)OC(=O)C2CC(O)CN2C(=O)C(CCC(N)=O)NC(=O)C(C(C)CC)NC1=O. The number of hydrogen-bond donors (Lipinski definition) is 8. The Hall–Kier alpha value is -7.01. The first-order valence-corrected chi connectivity index (χ1v) is 26.0. The quantitative estimate of drug-likeness (QED) is 0.0717. The van der Waals surface area contributed by atoms with Crippen molar-refractivity contribution in [2.45, 2.75) is 161 Å². The molecule has 0 aromatic heterocycles. The molecule has 0 bridgehead atoms. The van der Waals surface area contributed by atoms with Crippen LogP contribution in [0.3, 0.4) is 0 Å². The molecular weight excluding hydrogens is 987 g/mol. The van der Waals surface area contributed by atoms with Crippen LogP contribution in [0.1, 0.15) is 106 Å². The smallest absolute Gasteiger partial charge is 0.329 e. The Bertz CT molecular complexity index is 2380.